The minimum atomic E-state index is -0.832. The van der Waals surface area contributed by atoms with Crippen molar-refractivity contribution in [3.05, 3.63) is 74.8 Å². The van der Waals surface area contributed by atoms with Crippen molar-refractivity contribution >= 4 is 38.9 Å². The second-order valence-corrected chi connectivity index (χ2v) is 7.48. The first-order valence-electron chi connectivity index (χ1n) is 7.73. The predicted octanol–water partition coefficient (Wildman–Crippen LogP) is 5.02. The van der Waals surface area contributed by atoms with Crippen molar-refractivity contribution in [3.63, 3.8) is 0 Å². The molecule has 2 aromatic heterocycles. The van der Waals surface area contributed by atoms with Crippen LogP contribution in [0.15, 0.2) is 56.9 Å². The van der Waals surface area contributed by atoms with Gasteiger partial charge >= 0.3 is 0 Å². The largest absolute Gasteiger partial charge is 0.468 e. The molecule has 26 heavy (non-hydrogen) atoms. The van der Waals surface area contributed by atoms with Crippen LogP contribution in [0.4, 0.5) is 14.5 Å². The number of thiophene rings is 1. The third-order valence-corrected chi connectivity index (χ3v) is 5.04. The van der Waals surface area contributed by atoms with E-state index in [1.165, 1.54) is 0 Å². The topological polar surface area (TPSA) is 45.5 Å². The van der Waals surface area contributed by atoms with Crippen molar-refractivity contribution in [1.82, 2.24) is 4.90 Å². The smallest absolute Gasteiger partial charge is 0.238 e. The molecular weight excluding hydrogens is 426 g/mol. The Balaban J connectivity index is 1.70. The van der Waals surface area contributed by atoms with Crippen molar-refractivity contribution in [1.29, 1.82) is 0 Å². The number of furan rings is 1. The van der Waals surface area contributed by atoms with E-state index < -0.39 is 17.5 Å². The molecule has 0 spiro atoms. The van der Waals surface area contributed by atoms with Gasteiger partial charge in [0, 0.05) is 22.0 Å². The van der Waals surface area contributed by atoms with Gasteiger partial charge in [-0.05, 0) is 45.6 Å². The van der Waals surface area contributed by atoms with Gasteiger partial charge in [0.15, 0.2) is 5.82 Å². The summed E-state index contributed by atoms with van der Waals surface area (Å²) in [4.78, 5) is 15.4. The number of rotatable bonds is 7. The van der Waals surface area contributed by atoms with Gasteiger partial charge in [0.1, 0.15) is 11.6 Å². The number of hydrogen-bond acceptors (Lipinski definition) is 4. The standard InChI is InChI=1S/C18H15BrF2N2O2S/c19-15-7-12(20)8-16(21)18(15)22-17(24)11-23(9-13-3-1-5-25-13)10-14-4-2-6-26-14/h1-8H,9-11H2,(H,22,24). The van der Waals surface area contributed by atoms with Crippen LogP contribution in [0.25, 0.3) is 0 Å². The average Bonchev–Trinajstić information content (AvgIpc) is 3.24. The van der Waals surface area contributed by atoms with Crippen LogP contribution in [0, 0.1) is 11.6 Å². The van der Waals surface area contributed by atoms with Gasteiger partial charge in [-0.1, -0.05) is 6.07 Å². The van der Waals surface area contributed by atoms with Gasteiger partial charge in [-0.2, -0.15) is 0 Å². The lowest BCUT2D eigenvalue weighted by Crippen LogP contribution is -2.32. The second kappa shape index (κ2) is 8.57. The lowest BCUT2D eigenvalue weighted by Gasteiger charge is -2.20. The Morgan fingerprint density at radius 2 is 2.08 bits per heavy atom. The molecule has 0 aliphatic heterocycles. The zero-order valence-electron chi connectivity index (χ0n) is 13.5. The number of hydrogen-bond donors (Lipinski definition) is 1. The first kappa shape index (κ1) is 18.8. The van der Waals surface area contributed by atoms with Crippen LogP contribution in [-0.2, 0) is 17.9 Å². The lowest BCUT2D eigenvalue weighted by atomic mass is 10.3. The molecule has 0 aliphatic rings. The molecule has 0 fully saturated rings. The van der Waals surface area contributed by atoms with Gasteiger partial charge in [-0.25, -0.2) is 8.78 Å². The van der Waals surface area contributed by atoms with Crippen LogP contribution >= 0.6 is 27.3 Å². The maximum atomic E-state index is 13.9. The minimum absolute atomic E-state index is 0.0296. The normalized spacial score (nSPS) is 11.1. The fraction of sp³-hybridized carbons (Fsp3) is 0.167. The van der Waals surface area contributed by atoms with E-state index in [0.29, 0.717) is 13.1 Å². The van der Waals surface area contributed by atoms with E-state index in [9.17, 15) is 13.6 Å². The van der Waals surface area contributed by atoms with Crippen LogP contribution in [0.1, 0.15) is 10.6 Å². The molecule has 3 aromatic rings. The molecule has 0 bridgehead atoms. The van der Waals surface area contributed by atoms with Crippen molar-refractivity contribution in [2.75, 3.05) is 11.9 Å². The number of nitrogens with one attached hydrogen (secondary N) is 1. The minimum Gasteiger partial charge on any atom is -0.468 e. The molecule has 0 radical (unpaired) electrons. The molecule has 0 saturated carbocycles. The highest BCUT2D eigenvalue weighted by Gasteiger charge is 2.17. The quantitative estimate of drug-likeness (QED) is 0.560. The summed E-state index contributed by atoms with van der Waals surface area (Å²) in [5.41, 5.74) is -0.0783. The molecule has 0 unspecified atom stereocenters. The van der Waals surface area contributed by atoms with Crippen molar-refractivity contribution in [2.45, 2.75) is 13.1 Å². The molecule has 0 saturated heterocycles. The zero-order chi connectivity index (χ0) is 18.5. The van der Waals surface area contributed by atoms with E-state index in [0.717, 1.165) is 22.8 Å². The summed E-state index contributed by atoms with van der Waals surface area (Å²) in [6, 6.07) is 9.36. The highest BCUT2D eigenvalue weighted by Crippen LogP contribution is 2.27. The van der Waals surface area contributed by atoms with E-state index in [-0.39, 0.29) is 16.7 Å². The number of carbonyl (C=O) groups is 1. The van der Waals surface area contributed by atoms with E-state index in [2.05, 4.69) is 21.2 Å². The summed E-state index contributed by atoms with van der Waals surface area (Å²) >= 11 is 4.66. The number of nitrogens with zero attached hydrogens (tertiary/aromatic N) is 1. The lowest BCUT2D eigenvalue weighted by molar-refractivity contribution is -0.117. The van der Waals surface area contributed by atoms with Crippen LogP contribution in [0.3, 0.4) is 0 Å². The van der Waals surface area contributed by atoms with Crippen molar-refractivity contribution in [2.24, 2.45) is 0 Å². The Labute approximate surface area is 161 Å². The zero-order valence-corrected chi connectivity index (χ0v) is 15.9. The number of carbonyl (C=O) groups excluding carboxylic acids is 1. The molecule has 2 heterocycles. The first-order valence-corrected chi connectivity index (χ1v) is 9.40. The Morgan fingerprint density at radius 1 is 1.23 bits per heavy atom. The highest BCUT2D eigenvalue weighted by molar-refractivity contribution is 9.10. The fourth-order valence-electron chi connectivity index (χ4n) is 2.46. The summed E-state index contributed by atoms with van der Waals surface area (Å²) < 4.78 is 32.6. The summed E-state index contributed by atoms with van der Waals surface area (Å²) in [5, 5.41) is 4.46. The first-order chi connectivity index (χ1) is 12.5. The van der Waals surface area contributed by atoms with Gasteiger partial charge in [0.05, 0.1) is 25.0 Å². The van der Waals surface area contributed by atoms with Crippen LogP contribution in [0.2, 0.25) is 0 Å². The summed E-state index contributed by atoms with van der Waals surface area (Å²) in [5.74, 6) is -1.23. The Kier molecular flexibility index (Phi) is 6.18. The third-order valence-electron chi connectivity index (χ3n) is 3.56. The Hall–Kier alpha value is -2.03. The predicted molar refractivity (Wildman–Crippen MR) is 99.8 cm³/mol. The Bertz CT molecular complexity index is 810. The highest BCUT2D eigenvalue weighted by atomic mass is 79.9. The molecular formula is C18H15BrF2N2O2S. The van der Waals surface area contributed by atoms with Crippen LogP contribution in [0.5, 0.6) is 0 Å². The molecule has 1 N–H and O–H groups in total. The third kappa shape index (κ3) is 5.00. The number of halogens is 3. The van der Waals surface area contributed by atoms with Gasteiger partial charge < -0.3 is 9.73 Å². The molecule has 136 valence electrons. The summed E-state index contributed by atoms with van der Waals surface area (Å²) in [6.07, 6.45) is 1.57. The number of benzene rings is 1. The number of amides is 1. The maximum absolute atomic E-state index is 13.9. The summed E-state index contributed by atoms with van der Waals surface area (Å²) in [7, 11) is 0. The fourth-order valence-corrected chi connectivity index (χ4v) is 3.71. The molecule has 4 nitrogen and oxygen atoms in total. The Morgan fingerprint density at radius 3 is 2.73 bits per heavy atom. The van der Waals surface area contributed by atoms with Crippen LogP contribution in [-0.4, -0.2) is 17.4 Å². The van der Waals surface area contributed by atoms with E-state index >= 15 is 0 Å². The van der Waals surface area contributed by atoms with E-state index in [1.807, 2.05) is 28.5 Å². The van der Waals surface area contributed by atoms with Gasteiger partial charge in [-0.15, -0.1) is 11.3 Å². The molecule has 1 amide bonds. The molecule has 0 aliphatic carbocycles. The molecule has 3 rings (SSSR count). The molecule has 0 atom stereocenters. The van der Waals surface area contributed by atoms with Gasteiger partial charge in [0.2, 0.25) is 5.91 Å². The van der Waals surface area contributed by atoms with E-state index in [4.69, 9.17) is 4.42 Å². The molecule has 8 heteroatoms. The molecule has 1 aromatic carbocycles. The van der Waals surface area contributed by atoms with Crippen molar-refractivity contribution in [3.8, 4) is 0 Å². The monoisotopic (exact) mass is 440 g/mol. The second-order valence-electron chi connectivity index (χ2n) is 5.60. The van der Waals surface area contributed by atoms with E-state index in [1.54, 1.807) is 23.7 Å². The maximum Gasteiger partial charge on any atom is 0.238 e. The van der Waals surface area contributed by atoms with Gasteiger partial charge in [0.25, 0.3) is 0 Å². The van der Waals surface area contributed by atoms with Crippen molar-refractivity contribution < 1.29 is 18.0 Å². The SMILES string of the molecule is O=C(CN(Cc1ccco1)Cc1cccs1)Nc1c(F)cc(F)cc1Br. The summed E-state index contributed by atoms with van der Waals surface area (Å²) in [6.45, 7) is 1.02. The van der Waals surface area contributed by atoms with Gasteiger partial charge in [-0.3, -0.25) is 9.69 Å². The van der Waals surface area contributed by atoms with Crippen LogP contribution < -0.4 is 5.32 Å². The number of anilines is 1. The average molecular weight is 441 g/mol.